The van der Waals surface area contributed by atoms with Crippen molar-refractivity contribution in [3.05, 3.63) is 170 Å². The van der Waals surface area contributed by atoms with Gasteiger partial charge in [-0.15, -0.1) is 0 Å². The summed E-state index contributed by atoms with van der Waals surface area (Å²) >= 11 is 0. The molecule has 0 saturated heterocycles. The van der Waals surface area contributed by atoms with E-state index in [0.29, 0.717) is 0 Å². The summed E-state index contributed by atoms with van der Waals surface area (Å²) in [5, 5.41) is 6.05. The van der Waals surface area contributed by atoms with Crippen molar-refractivity contribution < 1.29 is 4.42 Å². The standard InChI is InChI=1S/C43H28N2O/c1-2-10-29(11-3-1)30-18-22-33(23-19-30)45(42-27-26-41-43(44-42)38-16-8-9-17-40(38)46-41)34-24-20-31(21-25-34)39-28-32-12-4-5-13-35(32)36-14-6-7-15-37(36)39/h1-28H. The van der Waals surface area contributed by atoms with E-state index in [9.17, 15) is 0 Å². The summed E-state index contributed by atoms with van der Waals surface area (Å²) in [5.74, 6) is 0.829. The van der Waals surface area contributed by atoms with Crippen LogP contribution >= 0.6 is 0 Å². The minimum atomic E-state index is 0.780. The fraction of sp³-hybridized carbons (Fsp3) is 0. The molecule has 9 aromatic rings. The van der Waals surface area contributed by atoms with Crippen molar-refractivity contribution in [1.82, 2.24) is 4.98 Å². The lowest BCUT2D eigenvalue weighted by atomic mass is 9.93. The van der Waals surface area contributed by atoms with Crippen LogP contribution in [-0.4, -0.2) is 4.98 Å². The topological polar surface area (TPSA) is 29.3 Å². The van der Waals surface area contributed by atoms with E-state index in [-0.39, 0.29) is 0 Å². The molecule has 46 heavy (non-hydrogen) atoms. The summed E-state index contributed by atoms with van der Waals surface area (Å²) < 4.78 is 6.11. The summed E-state index contributed by atoms with van der Waals surface area (Å²) in [6, 6.07) is 59.8. The molecule has 3 heteroatoms. The third-order valence-electron chi connectivity index (χ3n) is 8.87. The van der Waals surface area contributed by atoms with Crippen LogP contribution in [0.5, 0.6) is 0 Å². The van der Waals surface area contributed by atoms with E-state index in [2.05, 4.69) is 138 Å². The van der Waals surface area contributed by atoms with Gasteiger partial charge in [0.1, 0.15) is 16.9 Å². The molecule has 0 N–H and O–H groups in total. The molecule has 0 aliphatic rings. The normalized spacial score (nSPS) is 11.5. The zero-order valence-corrected chi connectivity index (χ0v) is 25.0. The average molecular weight is 589 g/mol. The first-order valence-electron chi connectivity index (χ1n) is 15.5. The lowest BCUT2D eigenvalue weighted by Crippen LogP contribution is -2.11. The van der Waals surface area contributed by atoms with Crippen molar-refractivity contribution in [3.8, 4) is 22.3 Å². The first-order chi connectivity index (χ1) is 22.8. The van der Waals surface area contributed by atoms with Crippen LogP contribution in [0.15, 0.2) is 174 Å². The van der Waals surface area contributed by atoms with Gasteiger partial charge >= 0.3 is 0 Å². The number of furan rings is 1. The molecule has 0 unspecified atom stereocenters. The Balaban J connectivity index is 1.18. The Morgan fingerprint density at radius 1 is 0.413 bits per heavy atom. The van der Waals surface area contributed by atoms with Crippen LogP contribution in [0.3, 0.4) is 0 Å². The van der Waals surface area contributed by atoms with Crippen LogP contribution in [0, 0.1) is 0 Å². The summed E-state index contributed by atoms with van der Waals surface area (Å²) in [5.41, 5.74) is 9.31. The molecule has 0 aliphatic heterocycles. The van der Waals surface area contributed by atoms with Gasteiger partial charge in [0.25, 0.3) is 0 Å². The Hall–Kier alpha value is -6.19. The van der Waals surface area contributed by atoms with Crippen molar-refractivity contribution in [1.29, 1.82) is 0 Å². The lowest BCUT2D eigenvalue weighted by Gasteiger charge is -2.25. The molecule has 0 aliphatic carbocycles. The zero-order valence-electron chi connectivity index (χ0n) is 25.0. The minimum absolute atomic E-state index is 0.780. The number of para-hydroxylation sites is 1. The molecule has 3 nitrogen and oxygen atoms in total. The number of nitrogens with zero attached hydrogens (tertiary/aromatic N) is 2. The number of fused-ring (bicyclic) bond motifs is 6. The second-order valence-electron chi connectivity index (χ2n) is 11.6. The fourth-order valence-electron chi connectivity index (χ4n) is 6.64. The van der Waals surface area contributed by atoms with Crippen molar-refractivity contribution in [2.45, 2.75) is 0 Å². The van der Waals surface area contributed by atoms with E-state index in [4.69, 9.17) is 9.40 Å². The minimum Gasteiger partial charge on any atom is -0.454 e. The van der Waals surface area contributed by atoms with Crippen LogP contribution in [0.25, 0.3) is 65.9 Å². The summed E-state index contributed by atoms with van der Waals surface area (Å²) in [4.78, 5) is 7.41. The molecule has 2 heterocycles. The number of pyridine rings is 1. The van der Waals surface area contributed by atoms with Gasteiger partial charge in [-0.05, 0) is 98.4 Å². The van der Waals surface area contributed by atoms with E-state index >= 15 is 0 Å². The lowest BCUT2D eigenvalue weighted by molar-refractivity contribution is 0.668. The Morgan fingerprint density at radius 2 is 1.00 bits per heavy atom. The van der Waals surface area contributed by atoms with Gasteiger partial charge in [-0.1, -0.05) is 115 Å². The Bertz CT molecular complexity index is 2510. The van der Waals surface area contributed by atoms with Crippen LogP contribution in [0.2, 0.25) is 0 Å². The van der Waals surface area contributed by atoms with E-state index < -0.39 is 0 Å². The molecule has 0 fully saturated rings. The van der Waals surface area contributed by atoms with E-state index in [1.165, 1.54) is 43.8 Å². The second-order valence-corrected chi connectivity index (χ2v) is 11.6. The van der Waals surface area contributed by atoms with Gasteiger partial charge in [-0.2, -0.15) is 0 Å². The number of benzene rings is 7. The molecule has 7 aromatic carbocycles. The SMILES string of the molecule is c1ccc(-c2ccc(N(c3ccc(-c4cc5ccccc5c5ccccc45)cc3)c3ccc4oc5ccccc5c4n3)cc2)cc1. The highest BCUT2D eigenvalue weighted by molar-refractivity contribution is 6.13. The van der Waals surface area contributed by atoms with Gasteiger partial charge in [-0.25, -0.2) is 4.98 Å². The molecule has 216 valence electrons. The van der Waals surface area contributed by atoms with Gasteiger partial charge in [0.05, 0.1) is 0 Å². The van der Waals surface area contributed by atoms with Crippen molar-refractivity contribution in [3.63, 3.8) is 0 Å². The van der Waals surface area contributed by atoms with E-state index in [1.807, 2.05) is 36.4 Å². The Morgan fingerprint density at radius 3 is 1.76 bits per heavy atom. The summed E-state index contributed by atoms with van der Waals surface area (Å²) in [6.45, 7) is 0. The molecule has 0 spiro atoms. The number of anilines is 3. The van der Waals surface area contributed by atoms with Gasteiger partial charge in [-0.3, -0.25) is 4.90 Å². The molecule has 0 amide bonds. The average Bonchev–Trinajstić information content (AvgIpc) is 3.51. The third-order valence-corrected chi connectivity index (χ3v) is 8.87. The predicted octanol–water partition coefficient (Wildman–Crippen LogP) is 12.1. The van der Waals surface area contributed by atoms with Crippen LogP contribution in [0.1, 0.15) is 0 Å². The summed E-state index contributed by atoms with van der Waals surface area (Å²) in [7, 11) is 0. The number of rotatable bonds is 5. The first-order valence-corrected chi connectivity index (χ1v) is 15.5. The highest BCUT2D eigenvalue weighted by Gasteiger charge is 2.18. The molecular formula is C43H28N2O. The number of aromatic nitrogens is 1. The molecule has 0 saturated carbocycles. The molecule has 9 rings (SSSR count). The second kappa shape index (κ2) is 10.8. The maximum Gasteiger partial charge on any atom is 0.154 e. The van der Waals surface area contributed by atoms with Crippen molar-refractivity contribution in [2.75, 3.05) is 4.90 Å². The molecule has 0 atom stereocenters. The fourth-order valence-corrected chi connectivity index (χ4v) is 6.64. The largest absolute Gasteiger partial charge is 0.454 e. The highest BCUT2D eigenvalue weighted by atomic mass is 16.3. The smallest absolute Gasteiger partial charge is 0.154 e. The van der Waals surface area contributed by atoms with Gasteiger partial charge < -0.3 is 4.42 Å². The highest BCUT2D eigenvalue weighted by Crippen LogP contribution is 2.40. The quantitative estimate of drug-likeness (QED) is 0.187. The molecular weight excluding hydrogens is 560 g/mol. The number of hydrogen-bond acceptors (Lipinski definition) is 3. The monoisotopic (exact) mass is 588 g/mol. The Labute approximate surface area is 266 Å². The van der Waals surface area contributed by atoms with Crippen LogP contribution in [0.4, 0.5) is 17.2 Å². The molecule has 0 bridgehead atoms. The summed E-state index contributed by atoms with van der Waals surface area (Å²) in [6.07, 6.45) is 0. The molecule has 0 radical (unpaired) electrons. The zero-order chi connectivity index (χ0) is 30.5. The first kappa shape index (κ1) is 26.2. The Kier molecular flexibility index (Phi) is 6.14. The van der Waals surface area contributed by atoms with Gasteiger partial charge in [0.15, 0.2) is 5.58 Å². The van der Waals surface area contributed by atoms with Gasteiger partial charge in [0.2, 0.25) is 0 Å². The predicted molar refractivity (Wildman–Crippen MR) is 192 cm³/mol. The van der Waals surface area contributed by atoms with E-state index in [1.54, 1.807) is 0 Å². The maximum atomic E-state index is 6.11. The van der Waals surface area contributed by atoms with Crippen molar-refractivity contribution >= 4 is 60.8 Å². The van der Waals surface area contributed by atoms with Gasteiger partial charge in [0, 0.05) is 16.8 Å². The van der Waals surface area contributed by atoms with Crippen LogP contribution < -0.4 is 4.90 Å². The van der Waals surface area contributed by atoms with E-state index in [0.717, 1.165) is 39.3 Å². The van der Waals surface area contributed by atoms with Crippen molar-refractivity contribution in [2.24, 2.45) is 0 Å². The maximum absolute atomic E-state index is 6.11. The number of hydrogen-bond donors (Lipinski definition) is 0. The molecule has 2 aromatic heterocycles. The third kappa shape index (κ3) is 4.41. The van der Waals surface area contributed by atoms with Crippen LogP contribution in [-0.2, 0) is 0 Å².